The van der Waals surface area contributed by atoms with Crippen LogP contribution in [-0.4, -0.2) is 111 Å². The molecule has 0 saturated carbocycles. The monoisotopic (exact) mass is 574 g/mol. The summed E-state index contributed by atoms with van der Waals surface area (Å²) in [5.74, 6) is -5.96. The van der Waals surface area contributed by atoms with E-state index in [2.05, 4.69) is 16.5 Å². The van der Waals surface area contributed by atoms with Gasteiger partial charge in [-0.15, -0.1) is 6.58 Å². The molecule has 3 rings (SSSR count). The van der Waals surface area contributed by atoms with Gasteiger partial charge in [0.05, 0.1) is 12.6 Å². The Morgan fingerprint density at radius 3 is 2.03 bits per heavy atom. The molecule has 0 bridgehead atoms. The van der Waals surface area contributed by atoms with Gasteiger partial charge in [0, 0.05) is 45.5 Å². The summed E-state index contributed by atoms with van der Waals surface area (Å²) in [4.78, 5) is 52.8. The van der Waals surface area contributed by atoms with Gasteiger partial charge in [0.1, 0.15) is 11.4 Å². The number of piperazine rings is 1. The van der Waals surface area contributed by atoms with E-state index in [-0.39, 0.29) is 18.2 Å². The van der Waals surface area contributed by atoms with E-state index < -0.39 is 35.6 Å². The zero-order valence-electron chi connectivity index (χ0n) is 20.4. The fourth-order valence-electron chi connectivity index (χ4n) is 3.72. The number of carboxylic acid groups (broad SMARTS) is 2. The summed E-state index contributed by atoms with van der Waals surface area (Å²) >= 11 is 0. The molecule has 2 aliphatic rings. The van der Waals surface area contributed by atoms with Crippen molar-refractivity contribution >= 4 is 23.8 Å². The molecule has 1 spiro atoms. The molecule has 1 aromatic heterocycles. The van der Waals surface area contributed by atoms with Crippen molar-refractivity contribution in [3.8, 4) is 0 Å². The summed E-state index contributed by atoms with van der Waals surface area (Å²) in [6.07, 6.45) is -6.53. The number of halogens is 7. The van der Waals surface area contributed by atoms with Crippen molar-refractivity contribution < 1.29 is 60.1 Å². The molecular formula is C22H25F7N4O6. The fourth-order valence-corrected chi connectivity index (χ4v) is 3.72. The number of carbonyl (C=O) groups is 4. The number of hydrogen-bond acceptors (Lipinski definition) is 6. The first-order valence-electron chi connectivity index (χ1n) is 10.9. The molecule has 39 heavy (non-hydrogen) atoms. The van der Waals surface area contributed by atoms with Crippen molar-refractivity contribution in [1.29, 1.82) is 0 Å². The van der Waals surface area contributed by atoms with Crippen molar-refractivity contribution in [2.75, 3.05) is 39.8 Å². The van der Waals surface area contributed by atoms with Crippen LogP contribution < -0.4 is 0 Å². The molecule has 2 N–H and O–H groups in total. The number of hydrogen-bond donors (Lipinski definition) is 2. The third-order valence-electron chi connectivity index (χ3n) is 5.61. The van der Waals surface area contributed by atoms with Gasteiger partial charge < -0.3 is 20.0 Å². The van der Waals surface area contributed by atoms with Crippen molar-refractivity contribution in [1.82, 2.24) is 19.7 Å². The van der Waals surface area contributed by atoms with E-state index in [0.717, 1.165) is 12.7 Å². The van der Waals surface area contributed by atoms with E-state index in [9.17, 15) is 40.3 Å². The Morgan fingerprint density at radius 2 is 1.59 bits per heavy atom. The van der Waals surface area contributed by atoms with Crippen molar-refractivity contribution in [2.24, 2.45) is 0 Å². The molecule has 0 aliphatic carbocycles. The van der Waals surface area contributed by atoms with Crippen molar-refractivity contribution in [3.63, 3.8) is 0 Å². The maximum absolute atomic E-state index is 12.9. The van der Waals surface area contributed by atoms with E-state index in [1.807, 2.05) is 7.05 Å². The highest BCUT2D eigenvalue weighted by Crippen LogP contribution is 2.33. The number of likely N-dealkylation sites (N-methyl/N-ethyl adjacent to an activating group) is 1. The molecule has 218 valence electrons. The van der Waals surface area contributed by atoms with E-state index in [1.165, 1.54) is 12.1 Å². The van der Waals surface area contributed by atoms with E-state index >= 15 is 0 Å². The minimum atomic E-state index is -5.08. The van der Waals surface area contributed by atoms with Gasteiger partial charge in [-0.2, -0.15) is 26.3 Å². The molecular weight excluding hydrogens is 549 g/mol. The molecule has 0 aromatic carbocycles. The van der Waals surface area contributed by atoms with Crippen LogP contribution in [0.15, 0.2) is 31.0 Å². The first-order chi connectivity index (χ1) is 17.8. The number of rotatable bonds is 4. The van der Waals surface area contributed by atoms with E-state index in [4.69, 9.17) is 19.8 Å². The molecule has 1 unspecified atom stereocenters. The number of alkyl halides is 6. The van der Waals surface area contributed by atoms with Crippen LogP contribution in [0.3, 0.4) is 0 Å². The van der Waals surface area contributed by atoms with Crippen LogP contribution >= 0.6 is 0 Å². The van der Waals surface area contributed by atoms with Gasteiger partial charge >= 0.3 is 24.3 Å². The number of likely N-dealkylation sites (tertiary alicyclic amines) is 1. The number of pyridine rings is 1. The topological polar surface area (TPSA) is 131 Å². The Balaban J connectivity index is 0.000000449. The van der Waals surface area contributed by atoms with Gasteiger partial charge in [0.15, 0.2) is 0 Å². The SMILES string of the molecule is C=CCN1CCN(C)C(=O)C12CCN(C(=O)Cc1ccc(F)cn1)C2.O=C(O)C(F)(F)F.O=C(O)C(F)(F)F. The highest BCUT2D eigenvalue weighted by molar-refractivity contribution is 5.89. The molecule has 10 nitrogen and oxygen atoms in total. The molecule has 2 fully saturated rings. The lowest BCUT2D eigenvalue weighted by Gasteiger charge is -2.46. The summed E-state index contributed by atoms with van der Waals surface area (Å²) in [5, 5.41) is 14.2. The molecule has 2 aliphatic heterocycles. The van der Waals surface area contributed by atoms with Gasteiger partial charge in [0.2, 0.25) is 11.8 Å². The smallest absolute Gasteiger partial charge is 0.475 e. The average molecular weight is 574 g/mol. The molecule has 1 atom stereocenters. The maximum atomic E-state index is 12.9. The standard InChI is InChI=1S/C18H23FN4O2.2C2HF3O2/c1-3-7-23-10-9-21(2)17(25)18(23)6-8-22(13-18)16(24)11-15-5-4-14(19)12-20-15;2*3-2(4,5)1(6)7/h3-5,12H,1,6-11,13H2,2H3;2*(H,6,7). The second-order valence-electron chi connectivity index (χ2n) is 8.31. The lowest BCUT2D eigenvalue weighted by Crippen LogP contribution is -2.66. The molecule has 2 amide bonds. The van der Waals surface area contributed by atoms with Crippen molar-refractivity contribution in [2.45, 2.75) is 30.7 Å². The molecule has 3 heterocycles. The lowest BCUT2D eigenvalue weighted by atomic mass is 9.91. The zero-order chi connectivity index (χ0) is 30.2. The highest BCUT2D eigenvalue weighted by atomic mass is 19.4. The average Bonchev–Trinajstić information content (AvgIpc) is 3.27. The molecule has 17 heteroatoms. The molecule has 1 aromatic rings. The van der Waals surface area contributed by atoms with Crippen molar-refractivity contribution in [3.05, 3.63) is 42.5 Å². The van der Waals surface area contributed by atoms with Crippen LogP contribution in [0.1, 0.15) is 12.1 Å². The maximum Gasteiger partial charge on any atom is 0.490 e. The first kappa shape index (κ1) is 33.3. The van der Waals surface area contributed by atoms with Crippen LogP contribution in [0.2, 0.25) is 0 Å². The lowest BCUT2D eigenvalue weighted by molar-refractivity contribution is -0.193. The quantitative estimate of drug-likeness (QED) is 0.412. The fraction of sp³-hybridized carbons (Fsp3) is 0.500. The van der Waals surface area contributed by atoms with E-state index in [1.54, 1.807) is 15.9 Å². The third-order valence-corrected chi connectivity index (χ3v) is 5.61. The van der Waals surface area contributed by atoms with Gasteiger partial charge in [0.25, 0.3) is 0 Å². The Bertz CT molecular complexity index is 1020. The summed E-state index contributed by atoms with van der Waals surface area (Å²) in [6, 6.07) is 2.81. The number of aliphatic carboxylic acids is 2. The van der Waals surface area contributed by atoms with Crippen LogP contribution in [0.4, 0.5) is 30.7 Å². The minimum Gasteiger partial charge on any atom is -0.475 e. The first-order valence-corrected chi connectivity index (χ1v) is 10.9. The summed E-state index contributed by atoms with van der Waals surface area (Å²) in [5.41, 5.74) is -0.130. The minimum absolute atomic E-state index is 0.0656. The Hall–Kier alpha value is -3.76. The van der Waals surface area contributed by atoms with E-state index in [0.29, 0.717) is 38.3 Å². The van der Waals surface area contributed by atoms with Gasteiger partial charge in [-0.1, -0.05) is 6.08 Å². The van der Waals surface area contributed by atoms with Gasteiger partial charge in [-0.05, 0) is 18.6 Å². The van der Waals surface area contributed by atoms with Crippen LogP contribution in [-0.2, 0) is 25.6 Å². The summed E-state index contributed by atoms with van der Waals surface area (Å²) in [6.45, 7) is 6.78. The number of nitrogens with zero attached hydrogens (tertiary/aromatic N) is 4. The summed E-state index contributed by atoms with van der Waals surface area (Å²) < 4.78 is 76.4. The Morgan fingerprint density at radius 1 is 1.05 bits per heavy atom. The normalized spacial score (nSPS) is 19.5. The molecule has 2 saturated heterocycles. The van der Waals surface area contributed by atoms with Crippen LogP contribution in [0, 0.1) is 5.82 Å². The van der Waals surface area contributed by atoms with Gasteiger partial charge in [-0.3, -0.25) is 19.5 Å². The Kier molecular flexibility index (Phi) is 11.4. The zero-order valence-corrected chi connectivity index (χ0v) is 20.4. The third kappa shape index (κ3) is 9.49. The number of carbonyl (C=O) groups excluding carboxylic acids is 2. The number of carboxylic acids is 2. The number of amides is 2. The summed E-state index contributed by atoms with van der Waals surface area (Å²) in [7, 11) is 1.81. The Labute approximate surface area is 217 Å². The highest BCUT2D eigenvalue weighted by Gasteiger charge is 2.53. The predicted octanol–water partition coefficient (Wildman–Crippen LogP) is 1.96. The second-order valence-corrected chi connectivity index (χ2v) is 8.31. The van der Waals surface area contributed by atoms with Gasteiger partial charge in [-0.25, -0.2) is 14.0 Å². The van der Waals surface area contributed by atoms with Crippen LogP contribution in [0.5, 0.6) is 0 Å². The molecule has 0 radical (unpaired) electrons. The predicted molar refractivity (Wildman–Crippen MR) is 119 cm³/mol. The largest absolute Gasteiger partial charge is 0.490 e. The van der Waals surface area contributed by atoms with Crippen LogP contribution in [0.25, 0.3) is 0 Å². The second kappa shape index (κ2) is 13.3. The number of aromatic nitrogens is 1.